The SMILES string of the molecule is CC(NCc1ccncc1)C(O)c1ccccc1. The molecule has 1 aromatic carbocycles. The van der Waals surface area contributed by atoms with E-state index in [0.29, 0.717) is 0 Å². The fourth-order valence-corrected chi connectivity index (χ4v) is 1.83. The summed E-state index contributed by atoms with van der Waals surface area (Å²) in [6, 6.07) is 13.6. The van der Waals surface area contributed by atoms with E-state index in [1.165, 1.54) is 0 Å². The van der Waals surface area contributed by atoms with Gasteiger partial charge in [0.2, 0.25) is 0 Å². The lowest BCUT2D eigenvalue weighted by Crippen LogP contribution is -2.31. The quantitative estimate of drug-likeness (QED) is 0.845. The van der Waals surface area contributed by atoms with Gasteiger partial charge in [0.15, 0.2) is 0 Å². The Morgan fingerprint density at radius 3 is 2.44 bits per heavy atom. The van der Waals surface area contributed by atoms with Crippen LogP contribution in [-0.2, 0) is 6.54 Å². The Morgan fingerprint density at radius 2 is 1.78 bits per heavy atom. The summed E-state index contributed by atoms with van der Waals surface area (Å²) in [4.78, 5) is 3.98. The van der Waals surface area contributed by atoms with Crippen molar-refractivity contribution in [3.05, 3.63) is 66.0 Å². The van der Waals surface area contributed by atoms with Crippen molar-refractivity contribution in [2.75, 3.05) is 0 Å². The maximum Gasteiger partial charge on any atom is 0.0940 e. The van der Waals surface area contributed by atoms with Crippen LogP contribution in [0.5, 0.6) is 0 Å². The first kappa shape index (κ1) is 12.7. The first-order chi connectivity index (χ1) is 8.77. The summed E-state index contributed by atoms with van der Waals surface area (Å²) in [5.74, 6) is 0. The number of hydrogen-bond acceptors (Lipinski definition) is 3. The van der Waals surface area contributed by atoms with Gasteiger partial charge in [0.25, 0.3) is 0 Å². The minimum absolute atomic E-state index is 0.000523. The Labute approximate surface area is 108 Å². The number of aliphatic hydroxyl groups excluding tert-OH is 1. The summed E-state index contributed by atoms with van der Waals surface area (Å²) in [5, 5.41) is 13.5. The zero-order chi connectivity index (χ0) is 12.8. The van der Waals surface area contributed by atoms with Crippen molar-refractivity contribution < 1.29 is 5.11 Å². The number of rotatable bonds is 5. The average Bonchev–Trinajstić information content (AvgIpc) is 2.46. The number of nitrogens with zero attached hydrogens (tertiary/aromatic N) is 1. The van der Waals surface area contributed by atoms with Gasteiger partial charge in [0.05, 0.1) is 6.10 Å². The van der Waals surface area contributed by atoms with E-state index in [1.54, 1.807) is 12.4 Å². The van der Waals surface area contributed by atoms with Crippen molar-refractivity contribution in [2.45, 2.75) is 25.6 Å². The molecule has 2 N–H and O–H groups in total. The minimum Gasteiger partial charge on any atom is -0.387 e. The number of hydrogen-bond donors (Lipinski definition) is 2. The molecule has 0 saturated carbocycles. The van der Waals surface area contributed by atoms with Gasteiger partial charge in [-0.3, -0.25) is 4.98 Å². The number of aliphatic hydroxyl groups is 1. The third kappa shape index (κ3) is 3.39. The highest BCUT2D eigenvalue weighted by atomic mass is 16.3. The van der Waals surface area contributed by atoms with Crippen LogP contribution in [0.2, 0.25) is 0 Å². The van der Waals surface area contributed by atoms with E-state index in [9.17, 15) is 5.11 Å². The van der Waals surface area contributed by atoms with Crippen LogP contribution in [0.15, 0.2) is 54.9 Å². The van der Waals surface area contributed by atoms with Gasteiger partial charge in [-0.1, -0.05) is 30.3 Å². The summed E-state index contributed by atoms with van der Waals surface area (Å²) in [7, 11) is 0. The lowest BCUT2D eigenvalue weighted by atomic mass is 10.0. The monoisotopic (exact) mass is 242 g/mol. The maximum absolute atomic E-state index is 10.2. The molecule has 2 atom stereocenters. The maximum atomic E-state index is 10.2. The van der Waals surface area contributed by atoms with E-state index in [0.717, 1.165) is 17.7 Å². The fourth-order valence-electron chi connectivity index (χ4n) is 1.83. The van der Waals surface area contributed by atoms with Crippen LogP contribution in [-0.4, -0.2) is 16.1 Å². The van der Waals surface area contributed by atoms with E-state index in [1.807, 2.05) is 49.4 Å². The van der Waals surface area contributed by atoms with Crippen molar-refractivity contribution in [3.8, 4) is 0 Å². The zero-order valence-corrected chi connectivity index (χ0v) is 10.5. The zero-order valence-electron chi connectivity index (χ0n) is 10.5. The molecule has 3 heteroatoms. The molecule has 0 bridgehead atoms. The third-order valence-corrected chi connectivity index (χ3v) is 2.99. The fraction of sp³-hybridized carbons (Fsp3) is 0.267. The highest BCUT2D eigenvalue weighted by Gasteiger charge is 2.15. The van der Waals surface area contributed by atoms with Gasteiger partial charge in [-0.2, -0.15) is 0 Å². The third-order valence-electron chi connectivity index (χ3n) is 2.99. The van der Waals surface area contributed by atoms with Crippen LogP contribution >= 0.6 is 0 Å². The molecule has 0 aliphatic heterocycles. The van der Waals surface area contributed by atoms with Crippen molar-refractivity contribution in [1.29, 1.82) is 0 Å². The van der Waals surface area contributed by atoms with E-state index < -0.39 is 6.10 Å². The molecule has 0 spiro atoms. The van der Waals surface area contributed by atoms with Crippen LogP contribution in [0.1, 0.15) is 24.2 Å². The van der Waals surface area contributed by atoms with Crippen LogP contribution < -0.4 is 5.32 Å². The summed E-state index contributed by atoms with van der Waals surface area (Å²) in [6.45, 7) is 2.71. The summed E-state index contributed by atoms with van der Waals surface area (Å²) >= 11 is 0. The molecule has 0 radical (unpaired) electrons. The first-order valence-corrected chi connectivity index (χ1v) is 6.12. The molecule has 18 heavy (non-hydrogen) atoms. The van der Waals surface area contributed by atoms with E-state index in [2.05, 4.69) is 10.3 Å². The highest BCUT2D eigenvalue weighted by molar-refractivity contribution is 5.18. The minimum atomic E-state index is -0.493. The van der Waals surface area contributed by atoms with Gasteiger partial charge in [-0.15, -0.1) is 0 Å². The first-order valence-electron chi connectivity index (χ1n) is 6.12. The summed E-state index contributed by atoms with van der Waals surface area (Å²) in [5.41, 5.74) is 2.10. The molecule has 0 amide bonds. The molecule has 0 fully saturated rings. The molecular formula is C15H18N2O. The van der Waals surface area contributed by atoms with Crippen LogP contribution in [0.25, 0.3) is 0 Å². The standard InChI is InChI=1S/C15H18N2O/c1-12(15(18)14-5-3-2-4-6-14)17-11-13-7-9-16-10-8-13/h2-10,12,15,17-18H,11H2,1H3. The molecule has 3 nitrogen and oxygen atoms in total. The van der Waals surface area contributed by atoms with Gasteiger partial charge in [-0.25, -0.2) is 0 Å². The molecule has 2 aromatic rings. The van der Waals surface area contributed by atoms with Gasteiger partial charge in [0, 0.05) is 25.0 Å². The van der Waals surface area contributed by atoms with Crippen LogP contribution in [0.3, 0.4) is 0 Å². The molecule has 2 unspecified atom stereocenters. The number of nitrogens with one attached hydrogen (secondary N) is 1. The predicted octanol–water partition coefficient (Wildman–Crippen LogP) is 2.29. The topological polar surface area (TPSA) is 45.2 Å². The smallest absolute Gasteiger partial charge is 0.0940 e. The Morgan fingerprint density at radius 1 is 1.11 bits per heavy atom. The van der Waals surface area contributed by atoms with Crippen LogP contribution in [0.4, 0.5) is 0 Å². The van der Waals surface area contributed by atoms with E-state index >= 15 is 0 Å². The molecular weight excluding hydrogens is 224 g/mol. The molecule has 0 aliphatic carbocycles. The molecule has 1 aromatic heterocycles. The Balaban J connectivity index is 1.90. The normalized spacial score (nSPS) is 14.1. The lowest BCUT2D eigenvalue weighted by molar-refractivity contribution is 0.135. The highest BCUT2D eigenvalue weighted by Crippen LogP contribution is 2.16. The second kappa shape index (κ2) is 6.28. The van der Waals surface area contributed by atoms with Gasteiger partial charge >= 0.3 is 0 Å². The lowest BCUT2D eigenvalue weighted by Gasteiger charge is -2.20. The summed E-state index contributed by atoms with van der Waals surface area (Å²) in [6.07, 6.45) is 3.05. The second-order valence-electron chi connectivity index (χ2n) is 4.38. The number of aromatic nitrogens is 1. The number of pyridine rings is 1. The van der Waals surface area contributed by atoms with Gasteiger partial charge in [0.1, 0.15) is 0 Å². The van der Waals surface area contributed by atoms with Gasteiger partial charge < -0.3 is 10.4 Å². The van der Waals surface area contributed by atoms with Crippen molar-refractivity contribution in [1.82, 2.24) is 10.3 Å². The molecule has 0 saturated heterocycles. The molecule has 0 aliphatic rings. The predicted molar refractivity (Wildman–Crippen MR) is 71.9 cm³/mol. The Hall–Kier alpha value is -1.71. The average molecular weight is 242 g/mol. The van der Waals surface area contributed by atoms with Crippen molar-refractivity contribution >= 4 is 0 Å². The molecule has 1 heterocycles. The Kier molecular flexibility index (Phi) is 4.45. The second-order valence-corrected chi connectivity index (χ2v) is 4.38. The molecule has 2 rings (SSSR count). The van der Waals surface area contributed by atoms with Crippen molar-refractivity contribution in [2.24, 2.45) is 0 Å². The number of benzene rings is 1. The molecule has 94 valence electrons. The largest absolute Gasteiger partial charge is 0.387 e. The van der Waals surface area contributed by atoms with Crippen LogP contribution in [0, 0.1) is 0 Å². The Bertz CT molecular complexity index is 458. The van der Waals surface area contributed by atoms with Gasteiger partial charge in [-0.05, 0) is 30.2 Å². The summed E-state index contributed by atoms with van der Waals surface area (Å²) < 4.78 is 0. The van der Waals surface area contributed by atoms with Crippen molar-refractivity contribution in [3.63, 3.8) is 0 Å². The van der Waals surface area contributed by atoms with E-state index in [4.69, 9.17) is 0 Å². The van der Waals surface area contributed by atoms with E-state index in [-0.39, 0.29) is 6.04 Å².